The van der Waals surface area contributed by atoms with Crippen LogP contribution in [0.4, 0.5) is 0 Å². The Labute approximate surface area is 105 Å². The van der Waals surface area contributed by atoms with Gasteiger partial charge in [0.05, 0.1) is 0 Å². The van der Waals surface area contributed by atoms with Crippen LogP contribution in [0.25, 0.3) is 0 Å². The van der Waals surface area contributed by atoms with E-state index >= 15 is 0 Å². The SMILES string of the molecule is C=CCc1c(O[SiH](C)C)cc(C)c(Cl)c1C. The molecule has 88 valence electrons. The predicted molar refractivity (Wildman–Crippen MR) is 74.3 cm³/mol. The maximum absolute atomic E-state index is 6.25. The topological polar surface area (TPSA) is 9.23 Å². The van der Waals surface area contributed by atoms with Crippen LogP contribution >= 0.6 is 11.6 Å². The van der Waals surface area contributed by atoms with Crippen molar-refractivity contribution in [1.29, 1.82) is 0 Å². The van der Waals surface area contributed by atoms with Crippen molar-refractivity contribution in [2.75, 3.05) is 0 Å². The third kappa shape index (κ3) is 2.89. The second kappa shape index (κ2) is 5.55. The van der Waals surface area contributed by atoms with Gasteiger partial charge < -0.3 is 4.43 Å². The Kier molecular flexibility index (Phi) is 4.63. The quantitative estimate of drug-likeness (QED) is 0.582. The van der Waals surface area contributed by atoms with E-state index in [0.717, 1.165) is 28.3 Å². The summed E-state index contributed by atoms with van der Waals surface area (Å²) in [6, 6.07) is 2.04. The molecular formula is C13H19ClOSi. The summed E-state index contributed by atoms with van der Waals surface area (Å²) in [7, 11) is -1.08. The second-order valence-electron chi connectivity index (χ2n) is 4.27. The minimum absolute atomic E-state index is 0.808. The van der Waals surface area contributed by atoms with Crippen molar-refractivity contribution >= 4 is 20.6 Å². The molecule has 0 N–H and O–H groups in total. The van der Waals surface area contributed by atoms with Crippen LogP contribution in [-0.2, 0) is 6.42 Å². The van der Waals surface area contributed by atoms with Crippen molar-refractivity contribution in [2.24, 2.45) is 0 Å². The van der Waals surface area contributed by atoms with Gasteiger partial charge in [-0.25, -0.2) is 0 Å². The number of benzene rings is 1. The molecule has 16 heavy (non-hydrogen) atoms. The summed E-state index contributed by atoms with van der Waals surface area (Å²) in [4.78, 5) is 0. The fraction of sp³-hybridized carbons (Fsp3) is 0.385. The molecule has 1 rings (SSSR count). The zero-order chi connectivity index (χ0) is 12.3. The highest BCUT2D eigenvalue weighted by atomic mass is 35.5. The molecule has 0 aromatic heterocycles. The number of hydrogen-bond donors (Lipinski definition) is 0. The molecule has 0 unspecified atom stereocenters. The molecule has 0 saturated heterocycles. The molecule has 1 aromatic rings. The van der Waals surface area contributed by atoms with E-state index in [0.29, 0.717) is 0 Å². The standard InChI is InChI=1S/C13H19ClOSi/c1-6-7-11-10(3)13(14)9(2)8-12(11)15-16(4)5/h6,8,16H,1,7H2,2-5H3. The summed E-state index contributed by atoms with van der Waals surface area (Å²) in [5.41, 5.74) is 3.37. The molecule has 3 heteroatoms. The summed E-state index contributed by atoms with van der Waals surface area (Å²) in [5, 5.41) is 0.842. The highest BCUT2D eigenvalue weighted by Gasteiger charge is 2.13. The lowest BCUT2D eigenvalue weighted by atomic mass is 10.0. The Morgan fingerprint density at radius 1 is 1.44 bits per heavy atom. The Morgan fingerprint density at radius 3 is 2.56 bits per heavy atom. The summed E-state index contributed by atoms with van der Waals surface area (Å²) in [6.07, 6.45) is 2.70. The van der Waals surface area contributed by atoms with Gasteiger partial charge in [0.25, 0.3) is 0 Å². The van der Waals surface area contributed by atoms with Crippen molar-refractivity contribution in [1.82, 2.24) is 0 Å². The number of aryl methyl sites for hydroxylation is 1. The Balaban J connectivity index is 3.28. The zero-order valence-corrected chi connectivity index (χ0v) is 12.3. The predicted octanol–water partition coefficient (Wildman–Crippen LogP) is 4.05. The molecule has 0 fully saturated rings. The van der Waals surface area contributed by atoms with Crippen LogP contribution < -0.4 is 4.43 Å². The van der Waals surface area contributed by atoms with Gasteiger partial charge in [0.1, 0.15) is 5.75 Å². The van der Waals surface area contributed by atoms with E-state index in [1.165, 1.54) is 5.56 Å². The summed E-state index contributed by atoms with van der Waals surface area (Å²) in [5.74, 6) is 0.987. The summed E-state index contributed by atoms with van der Waals surface area (Å²) >= 11 is 6.25. The van der Waals surface area contributed by atoms with Crippen LogP contribution in [0, 0.1) is 13.8 Å². The van der Waals surface area contributed by atoms with Crippen LogP contribution in [0.2, 0.25) is 18.1 Å². The monoisotopic (exact) mass is 254 g/mol. The number of halogens is 1. The van der Waals surface area contributed by atoms with Crippen LogP contribution in [0.15, 0.2) is 18.7 Å². The van der Waals surface area contributed by atoms with Crippen LogP contribution in [0.3, 0.4) is 0 Å². The van der Waals surface area contributed by atoms with Crippen molar-refractivity contribution < 1.29 is 4.43 Å². The zero-order valence-electron chi connectivity index (χ0n) is 10.4. The van der Waals surface area contributed by atoms with E-state index in [1.807, 2.05) is 26.0 Å². The van der Waals surface area contributed by atoms with Gasteiger partial charge in [0, 0.05) is 10.6 Å². The molecule has 1 aromatic carbocycles. The fourth-order valence-corrected chi connectivity index (χ4v) is 2.60. The van der Waals surface area contributed by atoms with E-state index in [1.54, 1.807) is 0 Å². The second-order valence-corrected chi connectivity index (χ2v) is 6.98. The van der Waals surface area contributed by atoms with Crippen LogP contribution in [0.1, 0.15) is 16.7 Å². The molecule has 0 bridgehead atoms. The fourth-order valence-electron chi connectivity index (χ4n) is 1.72. The average Bonchev–Trinajstić information content (AvgIpc) is 2.20. The van der Waals surface area contributed by atoms with E-state index in [-0.39, 0.29) is 0 Å². The van der Waals surface area contributed by atoms with Gasteiger partial charge in [-0.1, -0.05) is 17.7 Å². The average molecular weight is 255 g/mol. The Bertz CT molecular complexity index is 399. The first kappa shape index (κ1) is 13.3. The first-order valence-electron chi connectivity index (χ1n) is 5.53. The molecule has 0 aliphatic rings. The lowest BCUT2D eigenvalue weighted by molar-refractivity contribution is 0.572. The maximum atomic E-state index is 6.25. The van der Waals surface area contributed by atoms with Crippen molar-refractivity contribution in [3.8, 4) is 5.75 Å². The third-order valence-corrected chi connectivity index (χ3v) is 3.79. The van der Waals surface area contributed by atoms with E-state index in [2.05, 4.69) is 19.7 Å². The minimum Gasteiger partial charge on any atom is -0.547 e. The lowest BCUT2D eigenvalue weighted by Gasteiger charge is -2.18. The number of hydrogen-bond acceptors (Lipinski definition) is 1. The molecule has 0 saturated carbocycles. The van der Waals surface area contributed by atoms with Gasteiger partial charge in [0.15, 0.2) is 0 Å². The van der Waals surface area contributed by atoms with Gasteiger partial charge in [0.2, 0.25) is 9.04 Å². The highest BCUT2D eigenvalue weighted by Crippen LogP contribution is 2.32. The molecular weight excluding hydrogens is 236 g/mol. The van der Waals surface area contributed by atoms with Crippen molar-refractivity contribution in [3.05, 3.63) is 40.4 Å². The highest BCUT2D eigenvalue weighted by molar-refractivity contribution is 6.49. The molecule has 0 radical (unpaired) electrons. The smallest absolute Gasteiger partial charge is 0.229 e. The first-order chi connectivity index (χ1) is 7.47. The summed E-state index contributed by atoms with van der Waals surface area (Å²) in [6.45, 7) is 12.2. The molecule has 0 atom stereocenters. The first-order valence-corrected chi connectivity index (χ1v) is 8.69. The molecule has 0 aliphatic carbocycles. The molecule has 1 nitrogen and oxygen atoms in total. The molecule has 0 heterocycles. The Hall–Kier alpha value is -0.733. The van der Waals surface area contributed by atoms with E-state index in [4.69, 9.17) is 16.0 Å². The Morgan fingerprint density at radius 2 is 2.06 bits per heavy atom. The summed E-state index contributed by atoms with van der Waals surface area (Å²) < 4.78 is 5.95. The maximum Gasteiger partial charge on any atom is 0.229 e. The lowest BCUT2D eigenvalue weighted by Crippen LogP contribution is -2.13. The third-order valence-electron chi connectivity index (χ3n) is 2.48. The minimum atomic E-state index is -1.08. The normalized spacial score (nSPS) is 10.6. The largest absolute Gasteiger partial charge is 0.547 e. The van der Waals surface area contributed by atoms with E-state index < -0.39 is 9.04 Å². The van der Waals surface area contributed by atoms with Gasteiger partial charge in [-0.05, 0) is 50.6 Å². The number of rotatable bonds is 4. The molecule has 0 aliphatic heterocycles. The number of allylic oxidation sites excluding steroid dienone is 1. The van der Waals surface area contributed by atoms with Gasteiger partial charge in [-0.2, -0.15) is 0 Å². The van der Waals surface area contributed by atoms with Crippen LogP contribution in [-0.4, -0.2) is 9.04 Å². The van der Waals surface area contributed by atoms with E-state index in [9.17, 15) is 0 Å². The molecule has 0 spiro atoms. The van der Waals surface area contributed by atoms with Crippen LogP contribution in [0.5, 0.6) is 5.75 Å². The molecule has 0 amide bonds. The van der Waals surface area contributed by atoms with Crippen molar-refractivity contribution in [2.45, 2.75) is 33.4 Å². The van der Waals surface area contributed by atoms with Gasteiger partial charge >= 0.3 is 0 Å². The van der Waals surface area contributed by atoms with Gasteiger partial charge in [-0.15, -0.1) is 6.58 Å². The van der Waals surface area contributed by atoms with Crippen molar-refractivity contribution in [3.63, 3.8) is 0 Å². The van der Waals surface area contributed by atoms with Gasteiger partial charge in [-0.3, -0.25) is 0 Å².